The second-order valence-electron chi connectivity index (χ2n) is 5.96. The van der Waals surface area contributed by atoms with E-state index in [1.165, 1.54) is 5.56 Å². The lowest BCUT2D eigenvalue weighted by atomic mass is 9.99. The van der Waals surface area contributed by atoms with E-state index < -0.39 is 0 Å². The third-order valence-electron chi connectivity index (χ3n) is 3.84. The van der Waals surface area contributed by atoms with E-state index in [2.05, 4.69) is 41.4 Å². The molecular weight excluding hydrogens is 284 g/mol. The van der Waals surface area contributed by atoms with Gasteiger partial charge >= 0.3 is 0 Å². The lowest BCUT2D eigenvalue weighted by Gasteiger charge is -2.22. The fourth-order valence-corrected chi connectivity index (χ4v) is 2.73. The largest absolute Gasteiger partial charge is 0.348 e. The van der Waals surface area contributed by atoms with Crippen LogP contribution in [0.3, 0.4) is 0 Å². The molecule has 0 aliphatic rings. The van der Waals surface area contributed by atoms with Crippen LogP contribution >= 0.6 is 0 Å². The van der Waals surface area contributed by atoms with Crippen LogP contribution in [0.2, 0.25) is 0 Å². The fraction of sp³-hybridized carbons (Fsp3) is 0.350. The predicted octanol–water partition coefficient (Wildman–Crippen LogP) is 3.43. The summed E-state index contributed by atoms with van der Waals surface area (Å²) in [6, 6.07) is 20.5. The van der Waals surface area contributed by atoms with Gasteiger partial charge in [0.1, 0.15) is 0 Å². The highest BCUT2D eigenvalue weighted by Gasteiger charge is 2.16. The molecule has 1 atom stereocenters. The maximum Gasteiger partial charge on any atom is 0.234 e. The van der Waals surface area contributed by atoms with Gasteiger partial charge in [0, 0.05) is 0 Å². The first-order chi connectivity index (χ1) is 11.2. The topological polar surface area (TPSA) is 32.3 Å². The van der Waals surface area contributed by atoms with E-state index in [-0.39, 0.29) is 11.9 Å². The van der Waals surface area contributed by atoms with Gasteiger partial charge in [-0.3, -0.25) is 9.69 Å². The number of nitrogens with one attached hydrogen (secondary N) is 1. The summed E-state index contributed by atoms with van der Waals surface area (Å²) in [4.78, 5) is 14.4. The van der Waals surface area contributed by atoms with Crippen LogP contribution in [0.25, 0.3) is 0 Å². The summed E-state index contributed by atoms with van der Waals surface area (Å²) in [6.45, 7) is 3.49. The van der Waals surface area contributed by atoms with Crippen LogP contribution in [0.5, 0.6) is 0 Å². The van der Waals surface area contributed by atoms with Gasteiger partial charge in [0.15, 0.2) is 0 Å². The van der Waals surface area contributed by atoms with Crippen molar-refractivity contribution in [1.82, 2.24) is 10.2 Å². The number of amides is 1. The smallest absolute Gasteiger partial charge is 0.234 e. The Kier molecular flexibility index (Phi) is 6.82. The monoisotopic (exact) mass is 310 g/mol. The zero-order valence-corrected chi connectivity index (χ0v) is 14.0. The molecule has 0 saturated carbocycles. The van der Waals surface area contributed by atoms with E-state index in [4.69, 9.17) is 0 Å². The molecule has 0 aliphatic heterocycles. The first-order valence-electron chi connectivity index (χ1n) is 8.25. The maximum absolute atomic E-state index is 12.3. The Bertz CT molecular complexity index is 583. The Morgan fingerprint density at radius 1 is 1.04 bits per heavy atom. The van der Waals surface area contributed by atoms with Crippen LogP contribution < -0.4 is 5.32 Å². The molecule has 3 nitrogen and oxygen atoms in total. The molecule has 23 heavy (non-hydrogen) atoms. The van der Waals surface area contributed by atoms with Crippen LogP contribution in [-0.2, 0) is 11.2 Å². The molecule has 0 unspecified atom stereocenters. The standard InChI is InChI=1S/C20H26N2O/c1-3-14-22(2)16-20(23)21-19(18-12-8-5-9-13-18)15-17-10-6-4-7-11-17/h4-13,19H,3,14-16H2,1-2H3,(H,21,23)/t19-/m0/s1. The number of benzene rings is 2. The first-order valence-corrected chi connectivity index (χ1v) is 8.25. The van der Waals surface area contributed by atoms with Crippen LogP contribution in [0.1, 0.15) is 30.5 Å². The number of rotatable bonds is 8. The van der Waals surface area contributed by atoms with Crippen LogP contribution in [0.4, 0.5) is 0 Å². The molecule has 2 rings (SSSR count). The average Bonchev–Trinajstić information content (AvgIpc) is 2.56. The van der Waals surface area contributed by atoms with Crippen molar-refractivity contribution in [2.45, 2.75) is 25.8 Å². The molecular formula is C20H26N2O. The SMILES string of the molecule is CCCN(C)CC(=O)N[C@@H](Cc1ccccc1)c1ccccc1. The molecule has 0 heterocycles. The quantitative estimate of drug-likeness (QED) is 0.810. The van der Waals surface area contributed by atoms with E-state index >= 15 is 0 Å². The normalized spacial score (nSPS) is 12.1. The highest BCUT2D eigenvalue weighted by molar-refractivity contribution is 5.78. The van der Waals surface area contributed by atoms with Gasteiger partial charge < -0.3 is 5.32 Å². The molecule has 0 saturated heterocycles. The molecule has 0 fully saturated rings. The van der Waals surface area contributed by atoms with Crippen molar-refractivity contribution >= 4 is 5.91 Å². The van der Waals surface area contributed by atoms with Crippen LogP contribution in [-0.4, -0.2) is 30.9 Å². The summed E-state index contributed by atoms with van der Waals surface area (Å²) < 4.78 is 0. The number of likely N-dealkylation sites (N-methyl/N-ethyl adjacent to an activating group) is 1. The summed E-state index contributed by atoms with van der Waals surface area (Å²) in [7, 11) is 1.98. The van der Waals surface area contributed by atoms with Crippen LogP contribution in [0.15, 0.2) is 60.7 Å². The van der Waals surface area contributed by atoms with Crippen molar-refractivity contribution < 1.29 is 4.79 Å². The van der Waals surface area contributed by atoms with E-state index in [0.717, 1.165) is 24.9 Å². The molecule has 3 heteroatoms. The van der Waals surface area contributed by atoms with Crippen LogP contribution in [0, 0.1) is 0 Å². The average molecular weight is 310 g/mol. The Morgan fingerprint density at radius 2 is 1.65 bits per heavy atom. The second-order valence-corrected chi connectivity index (χ2v) is 5.96. The van der Waals surface area contributed by atoms with Gasteiger partial charge in [-0.1, -0.05) is 67.6 Å². The number of nitrogens with zero attached hydrogens (tertiary/aromatic N) is 1. The lowest BCUT2D eigenvalue weighted by molar-refractivity contribution is -0.122. The molecule has 0 aliphatic carbocycles. The van der Waals surface area contributed by atoms with Crippen molar-refractivity contribution in [3.8, 4) is 0 Å². The first kappa shape index (κ1) is 17.2. The summed E-state index contributed by atoms with van der Waals surface area (Å²) in [5.74, 6) is 0.0748. The molecule has 2 aromatic rings. The predicted molar refractivity (Wildman–Crippen MR) is 95.3 cm³/mol. The second kappa shape index (κ2) is 9.11. The Morgan fingerprint density at radius 3 is 2.26 bits per heavy atom. The molecule has 1 N–H and O–H groups in total. The van der Waals surface area contributed by atoms with Crippen molar-refractivity contribution in [3.05, 3.63) is 71.8 Å². The van der Waals surface area contributed by atoms with Crippen molar-refractivity contribution in [2.75, 3.05) is 20.1 Å². The molecule has 2 aromatic carbocycles. The summed E-state index contributed by atoms with van der Waals surface area (Å²) in [5.41, 5.74) is 2.37. The van der Waals surface area contributed by atoms with Gasteiger partial charge in [0.25, 0.3) is 0 Å². The number of carbonyl (C=O) groups is 1. The Balaban J connectivity index is 2.06. The molecule has 0 radical (unpaired) electrons. The summed E-state index contributed by atoms with van der Waals surface area (Å²) in [5, 5.41) is 3.19. The van der Waals surface area contributed by atoms with Gasteiger partial charge in [-0.15, -0.1) is 0 Å². The van der Waals surface area contributed by atoms with Gasteiger partial charge in [-0.25, -0.2) is 0 Å². The zero-order valence-electron chi connectivity index (χ0n) is 14.0. The minimum absolute atomic E-state index is 0.00104. The van der Waals surface area contributed by atoms with Gasteiger partial charge in [0.2, 0.25) is 5.91 Å². The van der Waals surface area contributed by atoms with E-state index in [1.54, 1.807) is 0 Å². The highest BCUT2D eigenvalue weighted by atomic mass is 16.2. The van der Waals surface area contributed by atoms with Gasteiger partial charge in [0.05, 0.1) is 12.6 Å². The van der Waals surface area contributed by atoms with E-state index in [1.807, 2.05) is 43.4 Å². The molecule has 1 amide bonds. The zero-order chi connectivity index (χ0) is 16.5. The summed E-state index contributed by atoms with van der Waals surface area (Å²) in [6.07, 6.45) is 1.85. The summed E-state index contributed by atoms with van der Waals surface area (Å²) >= 11 is 0. The molecule has 0 bridgehead atoms. The number of hydrogen-bond donors (Lipinski definition) is 1. The van der Waals surface area contributed by atoms with E-state index in [0.29, 0.717) is 6.54 Å². The molecule has 0 aromatic heterocycles. The number of hydrogen-bond acceptors (Lipinski definition) is 2. The minimum Gasteiger partial charge on any atom is -0.348 e. The fourth-order valence-electron chi connectivity index (χ4n) is 2.73. The van der Waals surface area contributed by atoms with Crippen molar-refractivity contribution in [3.63, 3.8) is 0 Å². The Labute approximate surface area is 139 Å². The Hall–Kier alpha value is -2.13. The van der Waals surface area contributed by atoms with Gasteiger partial charge in [-0.2, -0.15) is 0 Å². The van der Waals surface area contributed by atoms with Crippen molar-refractivity contribution in [1.29, 1.82) is 0 Å². The highest BCUT2D eigenvalue weighted by Crippen LogP contribution is 2.18. The third kappa shape index (κ3) is 5.87. The van der Waals surface area contributed by atoms with Crippen molar-refractivity contribution in [2.24, 2.45) is 0 Å². The van der Waals surface area contributed by atoms with Gasteiger partial charge in [-0.05, 0) is 37.6 Å². The maximum atomic E-state index is 12.3. The number of carbonyl (C=O) groups excluding carboxylic acids is 1. The van der Waals surface area contributed by atoms with E-state index in [9.17, 15) is 4.79 Å². The molecule has 122 valence electrons. The molecule has 0 spiro atoms. The minimum atomic E-state index is 0.00104. The third-order valence-corrected chi connectivity index (χ3v) is 3.84. The lowest BCUT2D eigenvalue weighted by Crippen LogP contribution is -2.38.